The Kier molecular flexibility index (Phi) is 6.29. The molecule has 1 N–H and O–H groups in total. The predicted molar refractivity (Wildman–Crippen MR) is 133 cm³/mol. The molecule has 4 aliphatic carbocycles. The van der Waals surface area contributed by atoms with E-state index in [1.165, 1.54) is 57.8 Å². The van der Waals surface area contributed by atoms with E-state index in [1.54, 1.807) is 0 Å². The Morgan fingerprint density at radius 3 is 2.26 bits per heavy atom. The number of aliphatic hydroxyl groups is 1. The molecule has 2 saturated carbocycles. The zero-order valence-corrected chi connectivity index (χ0v) is 22.1. The number of aliphatic hydroxyl groups excluding tert-OH is 1. The Morgan fingerprint density at radius 2 is 1.58 bits per heavy atom. The van der Waals surface area contributed by atoms with E-state index in [9.17, 15) is 5.11 Å². The molecule has 0 amide bonds. The third-order valence-corrected chi connectivity index (χ3v) is 12.3. The van der Waals surface area contributed by atoms with Crippen LogP contribution in [0.4, 0.5) is 0 Å². The molecular weight excluding hydrogens is 376 g/mol. The van der Waals surface area contributed by atoms with Crippen molar-refractivity contribution in [2.45, 2.75) is 126 Å². The molecule has 0 spiro atoms. The third kappa shape index (κ3) is 3.50. The summed E-state index contributed by atoms with van der Waals surface area (Å²) in [6.07, 6.45) is 13.2. The fraction of sp³-hybridized carbons (Fsp3) is 0.933. The molecule has 0 heterocycles. The van der Waals surface area contributed by atoms with Crippen molar-refractivity contribution in [3.05, 3.63) is 11.1 Å². The zero-order valence-electron chi connectivity index (χ0n) is 22.1. The second-order valence-electron chi connectivity index (χ2n) is 13.7. The highest BCUT2D eigenvalue weighted by molar-refractivity contribution is 5.38. The van der Waals surface area contributed by atoms with Crippen molar-refractivity contribution in [3.8, 4) is 0 Å². The molecule has 0 bridgehead atoms. The quantitative estimate of drug-likeness (QED) is 0.436. The number of hydrogen-bond donors (Lipinski definition) is 1. The molecule has 31 heavy (non-hydrogen) atoms. The molecule has 178 valence electrons. The van der Waals surface area contributed by atoms with Crippen molar-refractivity contribution in [3.63, 3.8) is 0 Å². The van der Waals surface area contributed by atoms with E-state index in [4.69, 9.17) is 0 Å². The average Bonchev–Trinajstić information content (AvgIpc) is 3.00. The van der Waals surface area contributed by atoms with Gasteiger partial charge in [0.15, 0.2) is 0 Å². The maximum atomic E-state index is 10.6. The largest absolute Gasteiger partial charge is 0.393 e. The summed E-state index contributed by atoms with van der Waals surface area (Å²) >= 11 is 0. The number of rotatable bonds is 5. The molecule has 0 saturated heterocycles. The second kappa shape index (κ2) is 8.18. The van der Waals surface area contributed by atoms with Crippen LogP contribution < -0.4 is 0 Å². The third-order valence-electron chi connectivity index (χ3n) is 12.3. The summed E-state index contributed by atoms with van der Waals surface area (Å²) in [6, 6.07) is 0. The van der Waals surface area contributed by atoms with Crippen LogP contribution in [0.25, 0.3) is 0 Å². The minimum Gasteiger partial charge on any atom is -0.393 e. The summed E-state index contributed by atoms with van der Waals surface area (Å²) < 4.78 is 0. The number of fused-ring (bicyclic) bond motifs is 4. The van der Waals surface area contributed by atoms with E-state index in [0.29, 0.717) is 28.1 Å². The first kappa shape index (κ1) is 23.8. The number of hydrogen-bond acceptors (Lipinski definition) is 1. The predicted octanol–water partition coefficient (Wildman–Crippen LogP) is 8.41. The van der Waals surface area contributed by atoms with Gasteiger partial charge in [-0.2, -0.15) is 0 Å². The van der Waals surface area contributed by atoms with Crippen molar-refractivity contribution >= 4 is 0 Å². The Hall–Kier alpha value is -0.300. The van der Waals surface area contributed by atoms with E-state index < -0.39 is 0 Å². The van der Waals surface area contributed by atoms with E-state index in [1.807, 2.05) is 11.1 Å². The molecular formula is C30H52O. The molecule has 9 atom stereocenters. The first-order valence-electron chi connectivity index (χ1n) is 13.9. The van der Waals surface area contributed by atoms with E-state index >= 15 is 0 Å². The molecule has 0 aromatic rings. The van der Waals surface area contributed by atoms with Crippen molar-refractivity contribution in [1.29, 1.82) is 0 Å². The van der Waals surface area contributed by atoms with Gasteiger partial charge in [-0.1, -0.05) is 79.4 Å². The highest BCUT2D eigenvalue weighted by Gasteiger charge is 2.62. The van der Waals surface area contributed by atoms with E-state index in [-0.39, 0.29) is 6.10 Å². The average molecular weight is 429 g/mol. The Bertz CT molecular complexity index is 705. The van der Waals surface area contributed by atoms with E-state index in [0.717, 1.165) is 30.1 Å². The molecule has 2 fully saturated rings. The summed E-state index contributed by atoms with van der Waals surface area (Å²) in [4.78, 5) is 0. The maximum absolute atomic E-state index is 10.6. The summed E-state index contributed by atoms with van der Waals surface area (Å²) in [7, 11) is 0. The monoisotopic (exact) mass is 428 g/mol. The molecule has 0 aromatic heterocycles. The SMILES string of the molecule is CC(C)[C@H](C)CC[C@@H](C)[C@H]1CC[C@@]2(C)C3=C(CC[C@]12C)[C@@]1(C)CC[C@H](O)[C@@H](C)[C@@H]1CC3. The van der Waals surface area contributed by atoms with Crippen LogP contribution in [0.15, 0.2) is 11.1 Å². The van der Waals surface area contributed by atoms with Crippen LogP contribution in [0, 0.1) is 51.8 Å². The van der Waals surface area contributed by atoms with Crippen molar-refractivity contribution in [2.75, 3.05) is 0 Å². The fourth-order valence-electron chi connectivity index (χ4n) is 9.31. The van der Waals surface area contributed by atoms with Gasteiger partial charge in [-0.25, -0.2) is 0 Å². The van der Waals surface area contributed by atoms with Crippen LogP contribution in [-0.2, 0) is 0 Å². The Labute approximate surface area is 193 Å². The minimum atomic E-state index is -0.0744. The van der Waals surface area contributed by atoms with Gasteiger partial charge >= 0.3 is 0 Å². The summed E-state index contributed by atoms with van der Waals surface area (Å²) in [5.41, 5.74) is 5.01. The minimum absolute atomic E-state index is 0.0744. The highest BCUT2D eigenvalue weighted by Crippen LogP contribution is 2.71. The van der Waals surface area contributed by atoms with Crippen LogP contribution in [0.3, 0.4) is 0 Å². The van der Waals surface area contributed by atoms with Gasteiger partial charge in [-0.15, -0.1) is 0 Å². The molecule has 1 nitrogen and oxygen atoms in total. The topological polar surface area (TPSA) is 20.2 Å². The van der Waals surface area contributed by atoms with Crippen LogP contribution in [0.2, 0.25) is 0 Å². The zero-order chi connectivity index (χ0) is 22.8. The van der Waals surface area contributed by atoms with Crippen LogP contribution in [0.5, 0.6) is 0 Å². The maximum Gasteiger partial charge on any atom is 0.0569 e. The normalized spacial score (nSPS) is 47.0. The molecule has 4 rings (SSSR count). The summed E-state index contributed by atoms with van der Waals surface area (Å²) in [6.45, 7) is 20.1. The molecule has 0 radical (unpaired) electrons. The molecule has 0 aromatic carbocycles. The standard InChI is InChI=1S/C30H52O/c1-19(2)20(3)9-10-21(4)23-13-17-30(8)26-12-11-24-22(5)27(31)15-16-28(24,6)25(26)14-18-29(23,30)7/h19-24,27,31H,9-18H2,1-8H3/t20-,21-,22+,23-,24+,27+,28+,29-,30+/m1/s1. The smallest absolute Gasteiger partial charge is 0.0569 e. The van der Waals surface area contributed by atoms with Crippen LogP contribution >= 0.6 is 0 Å². The molecule has 0 aliphatic heterocycles. The lowest BCUT2D eigenvalue weighted by Gasteiger charge is -2.60. The highest BCUT2D eigenvalue weighted by atomic mass is 16.3. The Balaban J connectivity index is 1.60. The van der Waals surface area contributed by atoms with Gasteiger partial charge in [0.1, 0.15) is 0 Å². The first-order chi connectivity index (χ1) is 14.5. The molecule has 0 unspecified atom stereocenters. The second-order valence-corrected chi connectivity index (χ2v) is 13.7. The van der Waals surface area contributed by atoms with Crippen molar-refractivity contribution < 1.29 is 5.11 Å². The van der Waals surface area contributed by atoms with Crippen LogP contribution in [-0.4, -0.2) is 11.2 Å². The van der Waals surface area contributed by atoms with Gasteiger partial charge in [-0.05, 0) is 103 Å². The van der Waals surface area contributed by atoms with Gasteiger partial charge in [0.2, 0.25) is 0 Å². The molecule has 1 heteroatoms. The van der Waals surface area contributed by atoms with Gasteiger partial charge in [0.05, 0.1) is 6.10 Å². The van der Waals surface area contributed by atoms with E-state index in [2.05, 4.69) is 55.4 Å². The fourth-order valence-corrected chi connectivity index (χ4v) is 9.31. The van der Waals surface area contributed by atoms with Gasteiger partial charge < -0.3 is 5.11 Å². The lowest BCUT2D eigenvalue weighted by molar-refractivity contribution is -0.0414. The lowest BCUT2D eigenvalue weighted by atomic mass is 9.45. The van der Waals surface area contributed by atoms with Gasteiger partial charge in [0.25, 0.3) is 0 Å². The Morgan fingerprint density at radius 1 is 0.871 bits per heavy atom. The van der Waals surface area contributed by atoms with Crippen molar-refractivity contribution in [1.82, 2.24) is 0 Å². The number of allylic oxidation sites excluding steroid dienone is 2. The van der Waals surface area contributed by atoms with Gasteiger partial charge in [-0.3, -0.25) is 0 Å². The summed E-state index contributed by atoms with van der Waals surface area (Å²) in [5.74, 6) is 4.56. The molecule has 4 aliphatic rings. The van der Waals surface area contributed by atoms with Gasteiger partial charge in [0, 0.05) is 0 Å². The summed E-state index contributed by atoms with van der Waals surface area (Å²) in [5, 5.41) is 10.6. The van der Waals surface area contributed by atoms with Crippen LogP contribution in [0.1, 0.15) is 120 Å². The first-order valence-corrected chi connectivity index (χ1v) is 13.9. The van der Waals surface area contributed by atoms with Crippen molar-refractivity contribution in [2.24, 2.45) is 51.8 Å². The lowest BCUT2D eigenvalue weighted by Crippen LogP contribution is -2.51.